The van der Waals surface area contributed by atoms with Gasteiger partial charge in [0.25, 0.3) is 0 Å². The van der Waals surface area contributed by atoms with Crippen molar-refractivity contribution in [1.82, 2.24) is 0 Å². The molecule has 0 radical (unpaired) electrons. The lowest BCUT2D eigenvalue weighted by atomic mass is 9.75. The van der Waals surface area contributed by atoms with Crippen molar-refractivity contribution < 1.29 is 19.2 Å². The number of carbonyl (C=O) groups excluding carboxylic acids is 1. The first kappa shape index (κ1) is 19.2. The van der Waals surface area contributed by atoms with Gasteiger partial charge in [0.05, 0.1) is 6.61 Å². The second-order valence-electron chi connectivity index (χ2n) is 7.00. The molecule has 29 heavy (non-hydrogen) atoms. The minimum atomic E-state index is -0.900. The Morgan fingerprint density at radius 3 is 2.76 bits per heavy atom. The van der Waals surface area contributed by atoms with Gasteiger partial charge in [-0.15, -0.1) is 0 Å². The number of hydrogen-bond acceptors (Lipinski definition) is 4. The number of amides is 1. The number of rotatable bonds is 7. The van der Waals surface area contributed by atoms with Crippen LogP contribution in [0.1, 0.15) is 23.1 Å². The average molecular weight is 387 g/mol. The SMILES string of the molecule is O=C(CCc1cccc2c1B(O)OC2)Nc1cccc(OCc2ccccc2)c1. The average Bonchev–Trinajstić information content (AvgIpc) is 3.13. The molecule has 3 aromatic carbocycles. The molecule has 0 unspecified atom stereocenters. The summed E-state index contributed by atoms with van der Waals surface area (Å²) in [6, 6.07) is 23.1. The van der Waals surface area contributed by atoms with Gasteiger partial charge in [-0.05, 0) is 40.7 Å². The molecule has 1 heterocycles. The van der Waals surface area contributed by atoms with Crippen LogP contribution in [0.25, 0.3) is 0 Å². The summed E-state index contributed by atoms with van der Waals surface area (Å²) in [5, 5.41) is 12.9. The number of aryl methyl sites for hydroxylation is 1. The highest BCUT2D eigenvalue weighted by atomic mass is 16.5. The van der Waals surface area contributed by atoms with Crippen LogP contribution >= 0.6 is 0 Å². The zero-order valence-electron chi connectivity index (χ0n) is 16.0. The standard InChI is InChI=1S/C23H22BNO4/c26-22(13-12-18-8-4-9-19-16-29-24(27)23(18)19)25-20-10-5-11-21(14-20)28-15-17-6-2-1-3-7-17/h1-11,14,27H,12-13,15-16H2,(H,25,26). The number of benzene rings is 3. The van der Waals surface area contributed by atoms with Gasteiger partial charge in [0, 0.05) is 18.2 Å². The van der Waals surface area contributed by atoms with Crippen molar-refractivity contribution >= 4 is 24.2 Å². The Hall–Kier alpha value is -3.09. The fraction of sp³-hybridized carbons (Fsp3) is 0.174. The summed E-state index contributed by atoms with van der Waals surface area (Å²) in [6.07, 6.45) is 0.859. The van der Waals surface area contributed by atoms with Crippen LogP contribution in [-0.2, 0) is 29.1 Å². The van der Waals surface area contributed by atoms with Crippen LogP contribution in [0.2, 0.25) is 0 Å². The first-order valence-corrected chi connectivity index (χ1v) is 9.66. The lowest BCUT2D eigenvalue weighted by Gasteiger charge is -2.11. The Morgan fingerprint density at radius 2 is 1.90 bits per heavy atom. The molecular formula is C23H22BNO4. The quantitative estimate of drug-likeness (QED) is 0.612. The van der Waals surface area contributed by atoms with Crippen molar-refractivity contribution in [3.05, 3.63) is 89.5 Å². The number of hydrogen-bond donors (Lipinski definition) is 2. The lowest BCUT2D eigenvalue weighted by Crippen LogP contribution is -2.31. The molecule has 0 saturated carbocycles. The lowest BCUT2D eigenvalue weighted by molar-refractivity contribution is -0.116. The predicted octanol–water partition coefficient (Wildman–Crippen LogP) is 3.05. The molecule has 2 N–H and O–H groups in total. The topological polar surface area (TPSA) is 67.8 Å². The Morgan fingerprint density at radius 1 is 1.07 bits per heavy atom. The smallest absolute Gasteiger partial charge is 0.489 e. The molecule has 146 valence electrons. The molecule has 4 rings (SSSR count). The highest BCUT2D eigenvalue weighted by molar-refractivity contribution is 6.62. The summed E-state index contributed by atoms with van der Waals surface area (Å²) in [5.74, 6) is 0.615. The van der Waals surface area contributed by atoms with E-state index in [4.69, 9.17) is 9.39 Å². The second-order valence-corrected chi connectivity index (χ2v) is 7.00. The van der Waals surface area contributed by atoms with E-state index in [-0.39, 0.29) is 5.91 Å². The summed E-state index contributed by atoms with van der Waals surface area (Å²) < 4.78 is 11.1. The van der Waals surface area contributed by atoms with E-state index in [9.17, 15) is 9.82 Å². The van der Waals surface area contributed by atoms with Gasteiger partial charge in [0.2, 0.25) is 5.91 Å². The Kier molecular flexibility index (Phi) is 5.93. The van der Waals surface area contributed by atoms with E-state index >= 15 is 0 Å². The first-order valence-electron chi connectivity index (χ1n) is 9.66. The fourth-order valence-corrected chi connectivity index (χ4v) is 3.46. The number of anilines is 1. The number of nitrogens with one attached hydrogen (secondary N) is 1. The van der Waals surface area contributed by atoms with Crippen LogP contribution in [-0.4, -0.2) is 18.0 Å². The van der Waals surface area contributed by atoms with Gasteiger partial charge < -0.3 is 19.7 Å². The van der Waals surface area contributed by atoms with Gasteiger partial charge in [-0.2, -0.15) is 0 Å². The normalized spacial score (nSPS) is 12.5. The maximum Gasteiger partial charge on any atom is 0.492 e. The van der Waals surface area contributed by atoms with Crippen LogP contribution in [0, 0.1) is 0 Å². The molecule has 5 nitrogen and oxygen atoms in total. The van der Waals surface area contributed by atoms with Crippen molar-refractivity contribution in [3.8, 4) is 5.75 Å². The Balaban J connectivity index is 1.33. The molecular weight excluding hydrogens is 365 g/mol. The van der Waals surface area contributed by atoms with Crippen molar-refractivity contribution in [2.45, 2.75) is 26.1 Å². The minimum Gasteiger partial charge on any atom is -0.489 e. The third kappa shape index (κ3) is 4.85. The fourth-order valence-electron chi connectivity index (χ4n) is 3.46. The van der Waals surface area contributed by atoms with Gasteiger partial charge in [-0.1, -0.05) is 54.6 Å². The Bertz CT molecular complexity index is 993. The molecule has 3 aromatic rings. The molecule has 0 bridgehead atoms. The van der Waals surface area contributed by atoms with Crippen LogP contribution in [0.3, 0.4) is 0 Å². The second kappa shape index (κ2) is 8.94. The third-order valence-electron chi connectivity index (χ3n) is 4.92. The van der Waals surface area contributed by atoms with Gasteiger partial charge in [-0.3, -0.25) is 4.79 Å². The van der Waals surface area contributed by atoms with Gasteiger partial charge in [0.15, 0.2) is 0 Å². The molecule has 0 fully saturated rings. The maximum absolute atomic E-state index is 12.4. The van der Waals surface area contributed by atoms with Crippen LogP contribution in [0.15, 0.2) is 72.8 Å². The number of carbonyl (C=O) groups is 1. The Labute approximate surface area is 170 Å². The van der Waals surface area contributed by atoms with Gasteiger partial charge in [0.1, 0.15) is 12.4 Å². The van der Waals surface area contributed by atoms with E-state index in [0.29, 0.717) is 37.5 Å². The zero-order valence-corrected chi connectivity index (χ0v) is 16.0. The molecule has 0 aliphatic carbocycles. The molecule has 1 aliphatic heterocycles. The van der Waals surface area contributed by atoms with Crippen molar-refractivity contribution in [3.63, 3.8) is 0 Å². The number of ether oxygens (including phenoxy) is 1. The summed E-state index contributed by atoms with van der Waals surface area (Å²) in [6.45, 7) is 0.883. The maximum atomic E-state index is 12.4. The molecule has 0 saturated heterocycles. The van der Waals surface area contributed by atoms with E-state index in [0.717, 1.165) is 22.2 Å². The van der Waals surface area contributed by atoms with E-state index < -0.39 is 7.12 Å². The summed E-state index contributed by atoms with van der Waals surface area (Å²) >= 11 is 0. The van der Waals surface area contributed by atoms with Crippen LogP contribution in [0.4, 0.5) is 5.69 Å². The summed E-state index contributed by atoms with van der Waals surface area (Å²) in [4.78, 5) is 12.4. The summed E-state index contributed by atoms with van der Waals surface area (Å²) in [5.41, 5.74) is 4.52. The largest absolute Gasteiger partial charge is 0.492 e. The zero-order chi connectivity index (χ0) is 20.1. The van der Waals surface area contributed by atoms with E-state index in [1.54, 1.807) is 0 Å². The first-order chi connectivity index (χ1) is 14.2. The minimum absolute atomic E-state index is 0.0868. The highest BCUT2D eigenvalue weighted by Crippen LogP contribution is 2.19. The molecule has 1 amide bonds. The highest BCUT2D eigenvalue weighted by Gasteiger charge is 2.29. The van der Waals surface area contributed by atoms with E-state index in [1.165, 1.54) is 0 Å². The summed E-state index contributed by atoms with van der Waals surface area (Å²) in [7, 11) is -0.900. The van der Waals surface area contributed by atoms with Gasteiger partial charge in [-0.25, -0.2) is 0 Å². The predicted molar refractivity (Wildman–Crippen MR) is 113 cm³/mol. The van der Waals surface area contributed by atoms with Gasteiger partial charge >= 0.3 is 7.12 Å². The third-order valence-corrected chi connectivity index (χ3v) is 4.92. The van der Waals surface area contributed by atoms with Crippen molar-refractivity contribution in [2.75, 3.05) is 5.32 Å². The molecule has 0 spiro atoms. The van der Waals surface area contributed by atoms with E-state index in [2.05, 4.69) is 5.32 Å². The van der Waals surface area contributed by atoms with Crippen LogP contribution in [0.5, 0.6) is 5.75 Å². The van der Waals surface area contributed by atoms with Crippen molar-refractivity contribution in [2.24, 2.45) is 0 Å². The molecule has 0 aromatic heterocycles. The van der Waals surface area contributed by atoms with Crippen molar-refractivity contribution in [1.29, 1.82) is 0 Å². The van der Waals surface area contributed by atoms with Crippen LogP contribution < -0.4 is 15.5 Å². The molecule has 1 aliphatic rings. The van der Waals surface area contributed by atoms with E-state index in [1.807, 2.05) is 72.8 Å². The molecule has 0 atom stereocenters. The monoisotopic (exact) mass is 387 g/mol. The molecule has 6 heteroatoms. The number of fused-ring (bicyclic) bond motifs is 1.